The second-order valence-electron chi connectivity index (χ2n) is 5.64. The molecule has 3 aromatic rings. The van der Waals surface area contributed by atoms with E-state index < -0.39 is 10.0 Å². The van der Waals surface area contributed by atoms with Crippen molar-refractivity contribution in [2.75, 3.05) is 6.54 Å². The second kappa shape index (κ2) is 5.79. The highest BCUT2D eigenvalue weighted by Crippen LogP contribution is 2.26. The lowest BCUT2D eigenvalue weighted by Crippen LogP contribution is -2.14. The quantitative estimate of drug-likeness (QED) is 0.797. The predicted molar refractivity (Wildman–Crippen MR) is 91.0 cm³/mol. The lowest BCUT2D eigenvalue weighted by Gasteiger charge is -2.10. The number of aryl methyl sites for hydroxylation is 2. The van der Waals surface area contributed by atoms with Crippen LogP contribution in [0, 0.1) is 13.8 Å². The van der Waals surface area contributed by atoms with Crippen molar-refractivity contribution >= 4 is 21.1 Å². The Kier molecular flexibility index (Phi) is 3.95. The monoisotopic (exact) mass is 329 g/mol. The van der Waals surface area contributed by atoms with Crippen LogP contribution in [0.3, 0.4) is 0 Å². The van der Waals surface area contributed by atoms with E-state index in [9.17, 15) is 8.42 Å². The van der Waals surface area contributed by atoms with Crippen molar-refractivity contribution < 1.29 is 8.42 Å². The topological polar surface area (TPSA) is 78.0 Å². The Hall–Kier alpha value is -2.18. The SMILES string of the molecule is Cc1ccc(C)c(S(=O)(=O)n2cc(CCN)c3cccnc32)c1. The van der Waals surface area contributed by atoms with Gasteiger partial charge in [-0.1, -0.05) is 12.1 Å². The Bertz CT molecular complexity index is 975. The number of nitrogens with two attached hydrogens (primary N) is 1. The van der Waals surface area contributed by atoms with Gasteiger partial charge in [0.05, 0.1) is 4.90 Å². The Labute approximate surface area is 135 Å². The first-order valence-electron chi connectivity index (χ1n) is 7.43. The molecule has 0 aliphatic heterocycles. The van der Waals surface area contributed by atoms with Crippen molar-refractivity contribution in [2.45, 2.75) is 25.2 Å². The van der Waals surface area contributed by atoms with Gasteiger partial charge in [-0.05, 0) is 61.7 Å². The zero-order valence-corrected chi connectivity index (χ0v) is 14.0. The molecule has 2 aromatic heterocycles. The summed E-state index contributed by atoms with van der Waals surface area (Å²) in [5, 5.41) is 0.826. The highest BCUT2D eigenvalue weighted by Gasteiger charge is 2.23. The van der Waals surface area contributed by atoms with Crippen molar-refractivity contribution in [2.24, 2.45) is 5.73 Å². The molecule has 1 aromatic carbocycles. The molecule has 3 rings (SSSR count). The van der Waals surface area contributed by atoms with E-state index in [0.29, 0.717) is 29.1 Å². The van der Waals surface area contributed by atoms with Gasteiger partial charge in [0.25, 0.3) is 10.0 Å². The van der Waals surface area contributed by atoms with Crippen molar-refractivity contribution in [3.63, 3.8) is 0 Å². The van der Waals surface area contributed by atoms with E-state index in [2.05, 4.69) is 4.98 Å². The summed E-state index contributed by atoms with van der Waals surface area (Å²) in [5.74, 6) is 0. The van der Waals surface area contributed by atoms with Gasteiger partial charge >= 0.3 is 0 Å². The molecule has 2 N–H and O–H groups in total. The summed E-state index contributed by atoms with van der Waals surface area (Å²) in [7, 11) is -3.70. The Balaban J connectivity index is 2.29. The summed E-state index contributed by atoms with van der Waals surface area (Å²) in [6.45, 7) is 4.13. The molecular weight excluding hydrogens is 310 g/mol. The summed E-state index contributed by atoms with van der Waals surface area (Å²) < 4.78 is 27.5. The molecule has 0 aliphatic carbocycles. The molecule has 0 fully saturated rings. The van der Waals surface area contributed by atoms with Crippen molar-refractivity contribution in [3.05, 3.63) is 59.4 Å². The molecule has 23 heavy (non-hydrogen) atoms. The molecule has 0 bridgehead atoms. The number of pyridine rings is 1. The van der Waals surface area contributed by atoms with Crippen LogP contribution < -0.4 is 5.73 Å². The summed E-state index contributed by atoms with van der Waals surface area (Å²) in [4.78, 5) is 4.58. The first kappa shape index (κ1) is 15.7. The van der Waals surface area contributed by atoms with Gasteiger partial charge in [-0.15, -0.1) is 0 Å². The van der Waals surface area contributed by atoms with Gasteiger partial charge in [-0.3, -0.25) is 0 Å². The predicted octanol–water partition coefficient (Wildman–Crippen LogP) is 2.39. The van der Waals surface area contributed by atoms with Crippen LogP contribution >= 0.6 is 0 Å². The lowest BCUT2D eigenvalue weighted by molar-refractivity contribution is 0.588. The number of hydrogen-bond acceptors (Lipinski definition) is 4. The van der Waals surface area contributed by atoms with Crippen molar-refractivity contribution in [1.29, 1.82) is 0 Å². The number of benzene rings is 1. The molecule has 0 saturated carbocycles. The third-order valence-corrected chi connectivity index (χ3v) is 5.70. The first-order chi connectivity index (χ1) is 10.9. The van der Waals surface area contributed by atoms with E-state index >= 15 is 0 Å². The number of aromatic nitrogens is 2. The molecule has 6 heteroatoms. The van der Waals surface area contributed by atoms with Crippen molar-refractivity contribution in [3.8, 4) is 0 Å². The fraction of sp³-hybridized carbons (Fsp3) is 0.235. The van der Waals surface area contributed by atoms with Crippen LogP contribution in [0.1, 0.15) is 16.7 Å². The van der Waals surface area contributed by atoms with Crippen LogP contribution in [0.2, 0.25) is 0 Å². The van der Waals surface area contributed by atoms with Crippen molar-refractivity contribution in [1.82, 2.24) is 8.96 Å². The molecule has 0 aliphatic rings. The minimum Gasteiger partial charge on any atom is -0.330 e. The molecular formula is C17H19N3O2S. The van der Waals surface area contributed by atoms with Gasteiger partial charge in [0.1, 0.15) is 0 Å². The van der Waals surface area contributed by atoms with E-state index in [1.54, 1.807) is 31.5 Å². The fourth-order valence-electron chi connectivity index (χ4n) is 2.72. The Morgan fingerprint density at radius 2 is 2.00 bits per heavy atom. The van der Waals surface area contributed by atoms with Gasteiger partial charge in [0, 0.05) is 17.8 Å². The molecule has 0 spiro atoms. The molecule has 120 valence electrons. The van der Waals surface area contributed by atoms with Crippen LogP contribution in [-0.2, 0) is 16.4 Å². The normalized spacial score (nSPS) is 12.0. The second-order valence-corrected chi connectivity index (χ2v) is 7.42. The minimum absolute atomic E-state index is 0.305. The van der Waals surface area contributed by atoms with Gasteiger partial charge in [-0.2, -0.15) is 0 Å². The number of nitrogens with zero attached hydrogens (tertiary/aromatic N) is 2. The molecule has 0 saturated heterocycles. The number of hydrogen-bond donors (Lipinski definition) is 1. The Morgan fingerprint density at radius 1 is 1.22 bits per heavy atom. The largest absolute Gasteiger partial charge is 0.330 e. The van der Waals surface area contributed by atoms with E-state index in [-0.39, 0.29) is 0 Å². The van der Waals surface area contributed by atoms with Gasteiger partial charge < -0.3 is 5.73 Å². The van der Waals surface area contributed by atoms with Crippen LogP contribution in [0.15, 0.2) is 47.6 Å². The van der Waals surface area contributed by atoms with Gasteiger partial charge in [0.15, 0.2) is 5.65 Å². The average Bonchev–Trinajstić information content (AvgIpc) is 2.90. The Morgan fingerprint density at radius 3 is 2.74 bits per heavy atom. The maximum atomic E-state index is 13.1. The number of rotatable bonds is 4. The van der Waals surface area contributed by atoms with Gasteiger partial charge in [-0.25, -0.2) is 17.4 Å². The van der Waals surface area contributed by atoms with Gasteiger partial charge in [0.2, 0.25) is 0 Å². The smallest absolute Gasteiger partial charge is 0.269 e. The summed E-state index contributed by atoms with van der Waals surface area (Å²) in [5.41, 5.74) is 8.60. The molecule has 0 atom stereocenters. The van der Waals surface area contributed by atoms with E-state index in [1.165, 1.54) is 3.97 Å². The molecule has 0 radical (unpaired) electrons. The fourth-order valence-corrected chi connectivity index (χ4v) is 4.39. The summed E-state index contributed by atoms with van der Waals surface area (Å²) >= 11 is 0. The minimum atomic E-state index is -3.70. The molecule has 0 amide bonds. The summed E-state index contributed by atoms with van der Waals surface area (Å²) in [6.07, 6.45) is 3.85. The standard InChI is InChI=1S/C17H19N3O2S/c1-12-5-6-13(2)16(10-12)23(21,22)20-11-14(7-8-18)15-4-3-9-19-17(15)20/h3-6,9-11H,7-8,18H2,1-2H3. The van der Waals surface area contributed by atoms with Crippen LogP contribution in [0.4, 0.5) is 0 Å². The first-order valence-corrected chi connectivity index (χ1v) is 8.87. The average molecular weight is 329 g/mol. The molecule has 0 unspecified atom stereocenters. The zero-order valence-electron chi connectivity index (χ0n) is 13.2. The third kappa shape index (κ3) is 2.64. The van der Waals surface area contributed by atoms with E-state index in [0.717, 1.165) is 16.5 Å². The highest BCUT2D eigenvalue weighted by molar-refractivity contribution is 7.90. The van der Waals surface area contributed by atoms with E-state index in [1.807, 2.05) is 25.1 Å². The lowest BCUT2D eigenvalue weighted by atomic mass is 10.2. The van der Waals surface area contributed by atoms with Crippen LogP contribution in [0.5, 0.6) is 0 Å². The molecule has 5 nitrogen and oxygen atoms in total. The maximum absolute atomic E-state index is 13.1. The summed E-state index contributed by atoms with van der Waals surface area (Å²) in [6, 6.07) is 9.10. The third-order valence-electron chi connectivity index (χ3n) is 3.91. The number of fused-ring (bicyclic) bond motifs is 1. The maximum Gasteiger partial charge on any atom is 0.269 e. The zero-order chi connectivity index (χ0) is 16.6. The van der Waals surface area contributed by atoms with E-state index in [4.69, 9.17) is 5.73 Å². The van der Waals surface area contributed by atoms with Crippen LogP contribution in [0.25, 0.3) is 11.0 Å². The van der Waals surface area contributed by atoms with Crippen LogP contribution in [-0.4, -0.2) is 23.9 Å². The highest BCUT2D eigenvalue weighted by atomic mass is 32.2. The molecule has 2 heterocycles.